The molecule has 1 nitrogen and oxygen atoms in total. The zero-order chi connectivity index (χ0) is 11.6. The quantitative estimate of drug-likeness (QED) is 0.635. The highest BCUT2D eigenvalue weighted by molar-refractivity contribution is 5.44. The van der Waals surface area contributed by atoms with E-state index in [0.717, 1.165) is 13.0 Å². The fraction of sp³-hybridized carbons (Fsp3) is 0.571. The highest BCUT2D eigenvalue weighted by atomic mass is 19.1. The standard InChI is InChI=1S/C14H22FN/c1-2-3-4-5-6-9-12-16-14-11-8-7-10-13(14)15/h7-8,10-11,16H,2-6,9,12H2,1H3. The van der Waals surface area contributed by atoms with Crippen LogP contribution in [-0.4, -0.2) is 6.54 Å². The fourth-order valence-corrected chi connectivity index (χ4v) is 1.73. The van der Waals surface area contributed by atoms with Crippen LogP contribution in [-0.2, 0) is 0 Å². The first-order valence-corrected chi connectivity index (χ1v) is 6.33. The number of unbranched alkanes of at least 4 members (excludes halogenated alkanes) is 5. The van der Waals surface area contributed by atoms with E-state index in [0.29, 0.717) is 5.69 Å². The van der Waals surface area contributed by atoms with Crippen LogP contribution in [0.15, 0.2) is 24.3 Å². The predicted octanol–water partition coefficient (Wildman–Crippen LogP) is 4.60. The molecular weight excluding hydrogens is 201 g/mol. The van der Waals surface area contributed by atoms with Crippen molar-refractivity contribution in [2.45, 2.75) is 45.4 Å². The molecule has 0 fully saturated rings. The summed E-state index contributed by atoms with van der Waals surface area (Å²) < 4.78 is 13.2. The first-order valence-electron chi connectivity index (χ1n) is 6.33. The van der Waals surface area contributed by atoms with Crippen molar-refractivity contribution in [1.29, 1.82) is 0 Å². The minimum Gasteiger partial charge on any atom is -0.383 e. The molecule has 0 bridgehead atoms. The van der Waals surface area contributed by atoms with Gasteiger partial charge in [0.2, 0.25) is 0 Å². The number of halogens is 1. The van der Waals surface area contributed by atoms with E-state index in [1.807, 2.05) is 6.07 Å². The molecule has 90 valence electrons. The molecule has 0 saturated carbocycles. The normalized spacial score (nSPS) is 10.4. The molecule has 0 heterocycles. The zero-order valence-corrected chi connectivity index (χ0v) is 10.1. The number of nitrogens with one attached hydrogen (secondary N) is 1. The van der Waals surface area contributed by atoms with Gasteiger partial charge < -0.3 is 5.32 Å². The number of hydrogen-bond donors (Lipinski definition) is 1. The molecule has 2 heteroatoms. The summed E-state index contributed by atoms with van der Waals surface area (Å²) in [6.07, 6.45) is 7.61. The van der Waals surface area contributed by atoms with E-state index in [-0.39, 0.29) is 5.82 Å². The Morgan fingerprint density at radius 3 is 2.44 bits per heavy atom. The number of benzene rings is 1. The molecule has 0 aliphatic heterocycles. The van der Waals surface area contributed by atoms with Crippen LogP contribution < -0.4 is 5.32 Å². The van der Waals surface area contributed by atoms with Gasteiger partial charge in [-0.2, -0.15) is 0 Å². The van der Waals surface area contributed by atoms with Crippen LogP contribution in [0, 0.1) is 5.82 Å². The van der Waals surface area contributed by atoms with Gasteiger partial charge in [-0.1, -0.05) is 51.2 Å². The lowest BCUT2D eigenvalue weighted by Crippen LogP contribution is -2.02. The van der Waals surface area contributed by atoms with E-state index in [1.54, 1.807) is 12.1 Å². The lowest BCUT2D eigenvalue weighted by Gasteiger charge is -2.06. The van der Waals surface area contributed by atoms with Crippen molar-refractivity contribution in [2.75, 3.05) is 11.9 Å². The molecule has 1 aromatic carbocycles. The summed E-state index contributed by atoms with van der Waals surface area (Å²) in [5, 5.41) is 3.13. The fourth-order valence-electron chi connectivity index (χ4n) is 1.73. The molecular formula is C14H22FN. The average Bonchev–Trinajstić information content (AvgIpc) is 2.30. The Labute approximate surface area is 98.1 Å². The van der Waals surface area contributed by atoms with E-state index in [2.05, 4.69) is 12.2 Å². The smallest absolute Gasteiger partial charge is 0.146 e. The number of anilines is 1. The summed E-state index contributed by atoms with van der Waals surface area (Å²) in [6, 6.07) is 6.84. The number of hydrogen-bond acceptors (Lipinski definition) is 1. The van der Waals surface area contributed by atoms with Crippen LogP contribution >= 0.6 is 0 Å². The third kappa shape index (κ3) is 5.15. The molecule has 0 amide bonds. The van der Waals surface area contributed by atoms with Gasteiger partial charge in [-0.3, -0.25) is 0 Å². The van der Waals surface area contributed by atoms with E-state index in [4.69, 9.17) is 0 Å². The van der Waals surface area contributed by atoms with Crippen molar-refractivity contribution in [1.82, 2.24) is 0 Å². The van der Waals surface area contributed by atoms with Crippen molar-refractivity contribution < 1.29 is 4.39 Å². The highest BCUT2D eigenvalue weighted by Crippen LogP contribution is 2.12. The summed E-state index contributed by atoms with van der Waals surface area (Å²) in [7, 11) is 0. The minimum atomic E-state index is -0.159. The molecule has 1 rings (SSSR count). The summed E-state index contributed by atoms with van der Waals surface area (Å²) >= 11 is 0. The summed E-state index contributed by atoms with van der Waals surface area (Å²) in [6.45, 7) is 3.09. The molecule has 0 aliphatic rings. The zero-order valence-electron chi connectivity index (χ0n) is 10.1. The number of rotatable bonds is 8. The summed E-state index contributed by atoms with van der Waals surface area (Å²) in [5.41, 5.74) is 0.621. The van der Waals surface area contributed by atoms with Crippen LogP contribution in [0.5, 0.6) is 0 Å². The van der Waals surface area contributed by atoms with Gasteiger partial charge in [-0.05, 0) is 18.6 Å². The van der Waals surface area contributed by atoms with Crippen molar-refractivity contribution >= 4 is 5.69 Å². The van der Waals surface area contributed by atoms with Crippen molar-refractivity contribution in [3.63, 3.8) is 0 Å². The number of para-hydroxylation sites is 1. The van der Waals surface area contributed by atoms with Crippen LogP contribution in [0.25, 0.3) is 0 Å². The lowest BCUT2D eigenvalue weighted by atomic mass is 10.1. The van der Waals surface area contributed by atoms with Crippen LogP contribution in [0.4, 0.5) is 10.1 Å². The van der Waals surface area contributed by atoms with Gasteiger partial charge in [0.15, 0.2) is 0 Å². The molecule has 1 N–H and O–H groups in total. The minimum absolute atomic E-state index is 0.159. The van der Waals surface area contributed by atoms with E-state index in [1.165, 1.54) is 38.2 Å². The molecule has 0 saturated heterocycles. The molecule has 1 aromatic rings. The second-order valence-corrected chi connectivity index (χ2v) is 4.17. The van der Waals surface area contributed by atoms with Gasteiger partial charge in [-0.25, -0.2) is 4.39 Å². The van der Waals surface area contributed by atoms with Gasteiger partial charge in [0, 0.05) is 6.54 Å². The van der Waals surface area contributed by atoms with Gasteiger partial charge in [0.25, 0.3) is 0 Å². The molecule has 0 unspecified atom stereocenters. The molecule has 0 aromatic heterocycles. The third-order valence-electron chi connectivity index (χ3n) is 2.72. The summed E-state index contributed by atoms with van der Waals surface area (Å²) in [4.78, 5) is 0. The third-order valence-corrected chi connectivity index (χ3v) is 2.72. The second kappa shape index (κ2) is 8.14. The Bertz CT molecular complexity index is 286. The Balaban J connectivity index is 2.05. The lowest BCUT2D eigenvalue weighted by molar-refractivity contribution is 0.611. The van der Waals surface area contributed by atoms with Gasteiger partial charge in [0.05, 0.1) is 5.69 Å². The van der Waals surface area contributed by atoms with E-state index < -0.39 is 0 Å². The van der Waals surface area contributed by atoms with E-state index >= 15 is 0 Å². The van der Waals surface area contributed by atoms with Crippen molar-refractivity contribution in [3.05, 3.63) is 30.1 Å². The topological polar surface area (TPSA) is 12.0 Å². The molecule has 0 radical (unpaired) electrons. The molecule has 0 aliphatic carbocycles. The maximum Gasteiger partial charge on any atom is 0.146 e. The maximum absolute atomic E-state index is 13.2. The molecule has 0 atom stereocenters. The van der Waals surface area contributed by atoms with Gasteiger partial charge in [0.1, 0.15) is 5.82 Å². The summed E-state index contributed by atoms with van der Waals surface area (Å²) in [5.74, 6) is -0.159. The maximum atomic E-state index is 13.2. The Kier molecular flexibility index (Phi) is 6.62. The van der Waals surface area contributed by atoms with Crippen LogP contribution in [0.3, 0.4) is 0 Å². The largest absolute Gasteiger partial charge is 0.383 e. The SMILES string of the molecule is CCCCCCCCNc1ccccc1F. The highest BCUT2D eigenvalue weighted by Gasteiger charge is 1.98. The Morgan fingerprint density at radius 1 is 1.00 bits per heavy atom. The second-order valence-electron chi connectivity index (χ2n) is 4.17. The van der Waals surface area contributed by atoms with Gasteiger partial charge >= 0.3 is 0 Å². The monoisotopic (exact) mass is 223 g/mol. The molecule has 16 heavy (non-hydrogen) atoms. The first-order chi connectivity index (χ1) is 7.84. The van der Waals surface area contributed by atoms with Gasteiger partial charge in [-0.15, -0.1) is 0 Å². The first kappa shape index (κ1) is 13.0. The Hall–Kier alpha value is -1.05. The molecule has 0 spiro atoms. The predicted molar refractivity (Wildman–Crippen MR) is 68.3 cm³/mol. The van der Waals surface area contributed by atoms with E-state index in [9.17, 15) is 4.39 Å². The van der Waals surface area contributed by atoms with Crippen LogP contribution in [0.1, 0.15) is 45.4 Å². The van der Waals surface area contributed by atoms with Crippen molar-refractivity contribution in [3.8, 4) is 0 Å². The average molecular weight is 223 g/mol. The Morgan fingerprint density at radius 2 is 1.69 bits per heavy atom. The van der Waals surface area contributed by atoms with Crippen molar-refractivity contribution in [2.24, 2.45) is 0 Å². The van der Waals surface area contributed by atoms with Crippen LogP contribution in [0.2, 0.25) is 0 Å².